The smallest absolute Gasteiger partial charge is 0.317 e. The van der Waals surface area contributed by atoms with E-state index >= 15 is 0 Å². The van der Waals surface area contributed by atoms with Gasteiger partial charge in [-0.15, -0.1) is 0 Å². The molecule has 1 aromatic carbocycles. The van der Waals surface area contributed by atoms with Gasteiger partial charge in [0.05, 0.1) is 17.9 Å². The van der Waals surface area contributed by atoms with E-state index < -0.39 is 5.97 Å². The van der Waals surface area contributed by atoms with Crippen LogP contribution in [0.3, 0.4) is 0 Å². The minimum atomic E-state index is -0.808. The largest absolute Gasteiger partial charge is 0.480 e. The molecule has 5 nitrogen and oxygen atoms in total. The van der Waals surface area contributed by atoms with E-state index in [9.17, 15) is 4.79 Å². The van der Waals surface area contributed by atoms with E-state index in [0.717, 1.165) is 17.8 Å². The number of nitrogens with zero attached hydrogens (tertiary/aromatic N) is 3. The van der Waals surface area contributed by atoms with E-state index in [1.165, 1.54) is 0 Å². The molecular weight excluding hydrogens is 266 g/mol. The average Bonchev–Trinajstić information content (AvgIpc) is 2.95. The Morgan fingerprint density at radius 2 is 2.05 bits per heavy atom. The molecule has 0 saturated heterocycles. The van der Waals surface area contributed by atoms with E-state index in [1.54, 1.807) is 0 Å². The maximum atomic E-state index is 11.0. The van der Waals surface area contributed by atoms with Crippen LogP contribution >= 0.6 is 0 Å². The molecule has 2 rings (SSSR count). The molecule has 0 spiro atoms. The third-order valence-corrected chi connectivity index (χ3v) is 3.58. The van der Waals surface area contributed by atoms with Gasteiger partial charge < -0.3 is 5.11 Å². The fraction of sp³-hybridized carbons (Fsp3) is 0.375. The summed E-state index contributed by atoms with van der Waals surface area (Å²) >= 11 is 0. The number of aromatic nitrogens is 2. The summed E-state index contributed by atoms with van der Waals surface area (Å²) in [7, 11) is 0. The van der Waals surface area contributed by atoms with Crippen LogP contribution in [-0.4, -0.2) is 38.3 Å². The summed E-state index contributed by atoms with van der Waals surface area (Å²) in [5.41, 5.74) is 1.87. The number of benzene rings is 1. The van der Waals surface area contributed by atoms with Crippen LogP contribution in [0.15, 0.2) is 42.6 Å². The first-order valence-corrected chi connectivity index (χ1v) is 7.16. The highest BCUT2D eigenvalue weighted by molar-refractivity contribution is 5.69. The zero-order valence-corrected chi connectivity index (χ0v) is 12.4. The lowest BCUT2D eigenvalue weighted by molar-refractivity contribution is -0.139. The number of para-hydroxylation sites is 1. The number of hydrogen-bond acceptors (Lipinski definition) is 3. The van der Waals surface area contributed by atoms with Crippen LogP contribution in [0, 0.1) is 0 Å². The molecule has 0 aliphatic heterocycles. The van der Waals surface area contributed by atoms with E-state index in [1.807, 2.05) is 59.1 Å². The summed E-state index contributed by atoms with van der Waals surface area (Å²) in [6.07, 6.45) is 2.81. The van der Waals surface area contributed by atoms with Crippen LogP contribution in [0.4, 0.5) is 0 Å². The quantitative estimate of drug-likeness (QED) is 0.850. The molecular formula is C16H21N3O2. The van der Waals surface area contributed by atoms with Crippen LogP contribution in [-0.2, 0) is 11.3 Å². The third kappa shape index (κ3) is 4.16. The van der Waals surface area contributed by atoms with Crippen molar-refractivity contribution in [1.29, 1.82) is 0 Å². The Morgan fingerprint density at radius 1 is 1.33 bits per heavy atom. The van der Waals surface area contributed by atoms with Gasteiger partial charge in [-0.05, 0) is 31.5 Å². The molecule has 0 amide bonds. The number of carboxylic acid groups (broad SMARTS) is 1. The minimum absolute atomic E-state index is 0.0349. The molecule has 1 heterocycles. The molecule has 0 aliphatic rings. The Labute approximate surface area is 124 Å². The Morgan fingerprint density at radius 3 is 2.67 bits per heavy atom. The van der Waals surface area contributed by atoms with Crippen LogP contribution in [0.1, 0.15) is 26.0 Å². The van der Waals surface area contributed by atoms with Gasteiger partial charge in [-0.2, -0.15) is 5.10 Å². The van der Waals surface area contributed by atoms with Gasteiger partial charge in [-0.3, -0.25) is 9.69 Å². The van der Waals surface area contributed by atoms with Crippen LogP contribution in [0.5, 0.6) is 0 Å². The molecule has 1 N–H and O–H groups in total. The first-order valence-electron chi connectivity index (χ1n) is 7.16. The molecule has 21 heavy (non-hydrogen) atoms. The summed E-state index contributed by atoms with van der Waals surface area (Å²) in [4.78, 5) is 12.9. The maximum Gasteiger partial charge on any atom is 0.317 e. The zero-order chi connectivity index (χ0) is 15.2. The molecule has 0 saturated carbocycles. The van der Waals surface area contributed by atoms with Gasteiger partial charge in [0.2, 0.25) is 0 Å². The Kier molecular flexibility index (Phi) is 5.11. The molecule has 112 valence electrons. The number of carbonyl (C=O) groups is 1. The fourth-order valence-electron chi connectivity index (χ4n) is 2.18. The van der Waals surface area contributed by atoms with Gasteiger partial charge in [0.1, 0.15) is 0 Å². The van der Waals surface area contributed by atoms with Crippen molar-refractivity contribution in [3.05, 3.63) is 48.3 Å². The zero-order valence-electron chi connectivity index (χ0n) is 12.4. The number of rotatable bonds is 7. The van der Waals surface area contributed by atoms with Gasteiger partial charge in [-0.25, -0.2) is 4.68 Å². The second kappa shape index (κ2) is 7.04. The summed E-state index contributed by atoms with van der Waals surface area (Å²) in [6.45, 7) is 4.67. The van der Waals surface area contributed by atoms with Crippen molar-refractivity contribution in [2.24, 2.45) is 0 Å². The Bertz CT molecular complexity index is 580. The molecule has 1 aromatic heterocycles. The van der Waals surface area contributed by atoms with E-state index in [0.29, 0.717) is 6.54 Å². The number of aliphatic carboxylic acids is 1. The predicted molar refractivity (Wildman–Crippen MR) is 81.4 cm³/mol. The molecule has 0 radical (unpaired) electrons. The van der Waals surface area contributed by atoms with Gasteiger partial charge in [0.15, 0.2) is 0 Å². The molecule has 1 atom stereocenters. The lowest BCUT2D eigenvalue weighted by atomic mass is 10.2. The summed E-state index contributed by atoms with van der Waals surface area (Å²) < 4.78 is 1.81. The van der Waals surface area contributed by atoms with Crippen molar-refractivity contribution >= 4 is 5.97 Å². The normalized spacial score (nSPS) is 12.5. The highest BCUT2D eigenvalue weighted by Crippen LogP contribution is 2.11. The maximum absolute atomic E-state index is 11.0. The van der Waals surface area contributed by atoms with E-state index in [2.05, 4.69) is 12.0 Å². The number of hydrogen-bond donors (Lipinski definition) is 1. The number of carboxylic acids is 1. The lowest BCUT2D eigenvalue weighted by Crippen LogP contribution is -2.36. The van der Waals surface area contributed by atoms with Crippen molar-refractivity contribution in [3.8, 4) is 5.69 Å². The fourth-order valence-corrected chi connectivity index (χ4v) is 2.18. The van der Waals surface area contributed by atoms with Gasteiger partial charge in [0.25, 0.3) is 0 Å². The second-order valence-electron chi connectivity index (χ2n) is 5.14. The Balaban J connectivity index is 2.11. The lowest BCUT2D eigenvalue weighted by Gasteiger charge is -2.25. The van der Waals surface area contributed by atoms with Gasteiger partial charge >= 0.3 is 5.97 Å². The van der Waals surface area contributed by atoms with Crippen molar-refractivity contribution in [2.75, 3.05) is 6.54 Å². The first kappa shape index (κ1) is 15.3. The molecule has 5 heteroatoms. The topological polar surface area (TPSA) is 58.4 Å². The monoisotopic (exact) mass is 287 g/mol. The molecule has 2 aromatic rings. The average molecular weight is 287 g/mol. The van der Waals surface area contributed by atoms with Crippen LogP contribution < -0.4 is 0 Å². The minimum Gasteiger partial charge on any atom is -0.480 e. The second-order valence-corrected chi connectivity index (χ2v) is 5.14. The van der Waals surface area contributed by atoms with Crippen molar-refractivity contribution < 1.29 is 9.90 Å². The predicted octanol–water partition coefficient (Wildman–Crippen LogP) is 2.56. The summed E-state index contributed by atoms with van der Waals surface area (Å²) in [5, 5.41) is 13.5. The standard InChI is InChI=1S/C16H21N3O2/c1-3-13(2)18(12-16(20)21)11-14-9-10-19(17-14)15-7-5-4-6-8-15/h4-10,13H,3,11-12H2,1-2H3,(H,20,21). The first-order chi connectivity index (χ1) is 10.1. The van der Waals surface area contributed by atoms with Crippen molar-refractivity contribution in [3.63, 3.8) is 0 Å². The third-order valence-electron chi connectivity index (χ3n) is 3.58. The van der Waals surface area contributed by atoms with E-state index in [-0.39, 0.29) is 12.6 Å². The van der Waals surface area contributed by atoms with E-state index in [4.69, 9.17) is 5.11 Å². The summed E-state index contributed by atoms with van der Waals surface area (Å²) in [6, 6.07) is 12.0. The molecule has 0 bridgehead atoms. The van der Waals surface area contributed by atoms with Crippen LogP contribution in [0.2, 0.25) is 0 Å². The SMILES string of the molecule is CCC(C)N(CC(=O)O)Cc1ccn(-c2ccccc2)n1. The summed E-state index contributed by atoms with van der Waals surface area (Å²) in [5.74, 6) is -0.808. The van der Waals surface area contributed by atoms with Crippen LogP contribution in [0.25, 0.3) is 5.69 Å². The highest BCUT2D eigenvalue weighted by atomic mass is 16.4. The molecule has 1 unspecified atom stereocenters. The highest BCUT2D eigenvalue weighted by Gasteiger charge is 2.17. The van der Waals surface area contributed by atoms with Crippen molar-refractivity contribution in [1.82, 2.24) is 14.7 Å². The Hall–Kier alpha value is -2.14. The molecule has 0 aliphatic carbocycles. The van der Waals surface area contributed by atoms with Crippen molar-refractivity contribution in [2.45, 2.75) is 32.9 Å². The van der Waals surface area contributed by atoms with Gasteiger partial charge in [-0.1, -0.05) is 25.1 Å². The molecule has 0 fully saturated rings. The van der Waals surface area contributed by atoms with Gasteiger partial charge in [0, 0.05) is 18.8 Å².